The number of ketones is 1. The van der Waals surface area contributed by atoms with Crippen molar-refractivity contribution in [1.82, 2.24) is 5.32 Å². The largest absolute Gasteiger partial charge is 0.316 e. The van der Waals surface area contributed by atoms with Crippen molar-refractivity contribution in [2.45, 2.75) is 25.7 Å². The van der Waals surface area contributed by atoms with Crippen LogP contribution in [0.5, 0.6) is 0 Å². The number of nitrogens with one attached hydrogen (secondary N) is 1. The van der Waals surface area contributed by atoms with Gasteiger partial charge in [0.1, 0.15) is 5.82 Å². The highest BCUT2D eigenvalue weighted by atomic mass is 35.5. The van der Waals surface area contributed by atoms with Crippen LogP contribution in [-0.4, -0.2) is 18.9 Å². The van der Waals surface area contributed by atoms with Crippen LogP contribution in [0.3, 0.4) is 0 Å². The lowest BCUT2D eigenvalue weighted by Crippen LogP contribution is -2.30. The second-order valence-electron chi connectivity index (χ2n) is 4.80. The monoisotopic (exact) mass is 269 g/mol. The number of benzene rings is 1. The van der Waals surface area contributed by atoms with Gasteiger partial charge in [0.15, 0.2) is 5.78 Å². The van der Waals surface area contributed by atoms with Crippen LogP contribution in [0.4, 0.5) is 4.39 Å². The predicted molar refractivity (Wildman–Crippen MR) is 70.6 cm³/mol. The lowest BCUT2D eigenvalue weighted by Gasteiger charge is -2.22. The average Bonchev–Trinajstić information content (AvgIpc) is 2.40. The van der Waals surface area contributed by atoms with E-state index in [1.54, 1.807) is 0 Å². The molecule has 2 nitrogen and oxygen atoms in total. The summed E-state index contributed by atoms with van der Waals surface area (Å²) in [4.78, 5) is 12.0. The molecule has 0 bridgehead atoms. The van der Waals surface area contributed by atoms with Crippen LogP contribution < -0.4 is 5.32 Å². The minimum Gasteiger partial charge on any atom is -0.316 e. The summed E-state index contributed by atoms with van der Waals surface area (Å²) in [5.41, 5.74) is 0.306. The SMILES string of the molecule is O=C(CCC1CCCNC1)c1cc(F)ccc1Cl. The van der Waals surface area contributed by atoms with Crippen molar-refractivity contribution in [2.24, 2.45) is 5.92 Å². The second kappa shape index (κ2) is 6.30. The van der Waals surface area contributed by atoms with Gasteiger partial charge in [0.2, 0.25) is 0 Å². The standard InChI is InChI=1S/C14H17ClFNO/c15-13-5-4-11(16)8-12(13)14(18)6-3-10-2-1-7-17-9-10/h4-5,8,10,17H,1-3,6-7,9H2. The first-order valence-corrected chi connectivity index (χ1v) is 6.73. The molecule has 1 aromatic carbocycles. The Kier molecular flexibility index (Phi) is 4.72. The lowest BCUT2D eigenvalue weighted by molar-refractivity contribution is 0.0971. The summed E-state index contributed by atoms with van der Waals surface area (Å²) >= 11 is 5.91. The van der Waals surface area contributed by atoms with Gasteiger partial charge in [-0.3, -0.25) is 4.79 Å². The zero-order valence-electron chi connectivity index (χ0n) is 10.2. The Labute approximate surface area is 112 Å². The molecule has 1 heterocycles. The molecule has 1 saturated heterocycles. The summed E-state index contributed by atoms with van der Waals surface area (Å²) in [6.45, 7) is 2.05. The first-order valence-electron chi connectivity index (χ1n) is 6.36. The Morgan fingerprint density at radius 3 is 3.06 bits per heavy atom. The molecule has 4 heteroatoms. The number of piperidine rings is 1. The molecule has 0 aliphatic carbocycles. The van der Waals surface area contributed by atoms with Gasteiger partial charge < -0.3 is 5.32 Å². The maximum Gasteiger partial charge on any atom is 0.164 e. The molecule has 0 amide bonds. The van der Waals surface area contributed by atoms with Gasteiger partial charge in [-0.15, -0.1) is 0 Å². The van der Waals surface area contributed by atoms with E-state index in [1.165, 1.54) is 24.6 Å². The fraction of sp³-hybridized carbons (Fsp3) is 0.500. The van der Waals surface area contributed by atoms with E-state index in [1.807, 2.05) is 0 Å². The Balaban J connectivity index is 1.92. The minimum absolute atomic E-state index is 0.0647. The highest BCUT2D eigenvalue weighted by molar-refractivity contribution is 6.33. The molecule has 1 aliphatic heterocycles. The molecule has 98 valence electrons. The molecule has 0 spiro atoms. The third-order valence-electron chi connectivity index (χ3n) is 3.41. The maximum atomic E-state index is 13.1. The topological polar surface area (TPSA) is 29.1 Å². The number of carbonyl (C=O) groups excluding carboxylic acids is 1. The summed E-state index contributed by atoms with van der Waals surface area (Å²) < 4.78 is 13.1. The van der Waals surface area contributed by atoms with Gasteiger partial charge in [-0.2, -0.15) is 0 Å². The van der Waals surface area contributed by atoms with Crippen LogP contribution in [0.1, 0.15) is 36.0 Å². The number of rotatable bonds is 4. The van der Waals surface area contributed by atoms with Crippen LogP contribution >= 0.6 is 11.6 Å². The van der Waals surface area contributed by atoms with E-state index in [9.17, 15) is 9.18 Å². The third-order valence-corrected chi connectivity index (χ3v) is 3.74. The van der Waals surface area contributed by atoms with Gasteiger partial charge in [-0.25, -0.2) is 4.39 Å². The van der Waals surface area contributed by atoms with Crippen molar-refractivity contribution in [3.8, 4) is 0 Å². The minimum atomic E-state index is -0.415. The van der Waals surface area contributed by atoms with E-state index in [-0.39, 0.29) is 5.78 Å². The predicted octanol–water partition coefficient (Wildman–Crippen LogP) is 3.44. The van der Waals surface area contributed by atoms with Gasteiger partial charge in [0.05, 0.1) is 5.02 Å². The van der Waals surface area contributed by atoms with Gasteiger partial charge in [-0.05, 0) is 56.5 Å². The summed E-state index contributed by atoms with van der Waals surface area (Å²) in [5.74, 6) is 0.0715. The van der Waals surface area contributed by atoms with E-state index in [0.717, 1.165) is 25.9 Å². The molecule has 0 aromatic heterocycles. The summed E-state index contributed by atoms with van der Waals surface area (Å²) in [7, 11) is 0. The summed E-state index contributed by atoms with van der Waals surface area (Å²) in [5, 5.41) is 3.66. The van der Waals surface area contributed by atoms with Crippen LogP contribution in [-0.2, 0) is 0 Å². The van der Waals surface area contributed by atoms with Crippen molar-refractivity contribution in [3.63, 3.8) is 0 Å². The zero-order valence-corrected chi connectivity index (χ0v) is 11.0. The molecule has 1 N–H and O–H groups in total. The first-order chi connectivity index (χ1) is 8.66. The molecular formula is C14H17ClFNO. The number of hydrogen-bond donors (Lipinski definition) is 1. The van der Waals surface area contributed by atoms with Crippen molar-refractivity contribution < 1.29 is 9.18 Å². The fourth-order valence-corrected chi connectivity index (χ4v) is 2.57. The Morgan fingerprint density at radius 2 is 2.33 bits per heavy atom. The Bertz CT molecular complexity index is 430. The van der Waals surface area contributed by atoms with Crippen LogP contribution in [0.2, 0.25) is 5.02 Å². The van der Waals surface area contributed by atoms with Crippen molar-refractivity contribution >= 4 is 17.4 Å². The van der Waals surface area contributed by atoms with Gasteiger partial charge in [0, 0.05) is 12.0 Å². The molecule has 1 fully saturated rings. The number of carbonyl (C=O) groups is 1. The molecule has 1 aromatic rings. The normalized spacial score (nSPS) is 19.8. The van der Waals surface area contributed by atoms with E-state index < -0.39 is 5.82 Å². The average molecular weight is 270 g/mol. The zero-order chi connectivity index (χ0) is 13.0. The molecule has 1 atom stereocenters. The number of halogens is 2. The second-order valence-corrected chi connectivity index (χ2v) is 5.21. The van der Waals surface area contributed by atoms with Crippen LogP contribution in [0.25, 0.3) is 0 Å². The molecule has 2 rings (SSSR count). The highest BCUT2D eigenvalue weighted by Gasteiger charge is 2.17. The van der Waals surface area contributed by atoms with Crippen LogP contribution in [0, 0.1) is 11.7 Å². The van der Waals surface area contributed by atoms with Gasteiger partial charge in [0.25, 0.3) is 0 Å². The molecule has 18 heavy (non-hydrogen) atoms. The quantitative estimate of drug-likeness (QED) is 0.849. The third kappa shape index (κ3) is 3.53. The fourth-order valence-electron chi connectivity index (χ4n) is 2.35. The summed E-state index contributed by atoms with van der Waals surface area (Å²) in [6, 6.07) is 3.93. The van der Waals surface area contributed by atoms with Crippen LogP contribution in [0.15, 0.2) is 18.2 Å². The maximum absolute atomic E-state index is 13.1. The molecule has 1 unspecified atom stereocenters. The van der Waals surface area contributed by atoms with E-state index in [0.29, 0.717) is 22.9 Å². The highest BCUT2D eigenvalue weighted by Crippen LogP contribution is 2.22. The first kappa shape index (κ1) is 13.5. The molecule has 0 saturated carbocycles. The molecule has 1 aliphatic rings. The molecule has 0 radical (unpaired) electrons. The van der Waals surface area contributed by atoms with Crippen molar-refractivity contribution in [3.05, 3.63) is 34.6 Å². The van der Waals surface area contributed by atoms with Crippen molar-refractivity contribution in [1.29, 1.82) is 0 Å². The van der Waals surface area contributed by atoms with E-state index in [2.05, 4.69) is 5.32 Å². The van der Waals surface area contributed by atoms with E-state index in [4.69, 9.17) is 11.6 Å². The van der Waals surface area contributed by atoms with Gasteiger partial charge in [-0.1, -0.05) is 11.6 Å². The van der Waals surface area contributed by atoms with Gasteiger partial charge >= 0.3 is 0 Å². The lowest BCUT2D eigenvalue weighted by atomic mass is 9.92. The number of Topliss-reactive ketones (excluding diaryl/α,β-unsaturated/α-hetero) is 1. The Morgan fingerprint density at radius 1 is 1.50 bits per heavy atom. The Hall–Kier alpha value is -0.930. The smallest absolute Gasteiger partial charge is 0.164 e. The molecular weight excluding hydrogens is 253 g/mol. The van der Waals surface area contributed by atoms with E-state index >= 15 is 0 Å². The summed E-state index contributed by atoms with van der Waals surface area (Å²) in [6.07, 6.45) is 3.62. The number of hydrogen-bond acceptors (Lipinski definition) is 2. The van der Waals surface area contributed by atoms with Crippen molar-refractivity contribution in [2.75, 3.05) is 13.1 Å².